The molecule has 1 saturated heterocycles. The molecule has 1 aliphatic carbocycles. The van der Waals surface area contributed by atoms with Gasteiger partial charge in [0.25, 0.3) is 9.28 Å². The van der Waals surface area contributed by atoms with E-state index in [1.54, 1.807) is 0 Å². The van der Waals surface area contributed by atoms with Crippen molar-refractivity contribution in [1.29, 1.82) is 0 Å². The highest BCUT2D eigenvalue weighted by molar-refractivity contribution is 6.90. The van der Waals surface area contributed by atoms with Gasteiger partial charge in [0.2, 0.25) is 0 Å². The maximum atomic E-state index is 12.8. The number of hydrogen-bond acceptors (Lipinski definition) is 8. The van der Waals surface area contributed by atoms with Crippen LogP contribution in [0.15, 0.2) is 0 Å². The van der Waals surface area contributed by atoms with Crippen LogP contribution in [0.1, 0.15) is 85.0 Å². The molecule has 0 spiro atoms. The van der Waals surface area contributed by atoms with Gasteiger partial charge in [-0.2, -0.15) is 0 Å². The minimum Gasteiger partial charge on any atom is -0.465 e. The summed E-state index contributed by atoms with van der Waals surface area (Å²) in [6.07, 6.45) is 10.9. The molecule has 2 aliphatic rings. The first-order valence-corrected chi connectivity index (χ1v) is 34.3. The van der Waals surface area contributed by atoms with Crippen LogP contribution < -0.4 is 0 Å². The van der Waals surface area contributed by atoms with Crippen LogP contribution in [0.25, 0.3) is 0 Å². The second kappa shape index (κ2) is 18.5. The number of rotatable bonds is 24. The molecular formula is C31H70O8Si6. The summed E-state index contributed by atoms with van der Waals surface area (Å²) in [6, 6.07) is 3.96. The van der Waals surface area contributed by atoms with E-state index in [4.69, 9.17) is 30.0 Å². The minimum absolute atomic E-state index is 0.0327. The van der Waals surface area contributed by atoms with E-state index < -0.39 is 51.6 Å². The molecule has 1 aliphatic heterocycles. The van der Waals surface area contributed by atoms with Crippen molar-refractivity contribution in [3.05, 3.63) is 0 Å². The van der Waals surface area contributed by atoms with E-state index in [0.29, 0.717) is 19.1 Å². The summed E-state index contributed by atoms with van der Waals surface area (Å²) in [7, 11) is -13.6. The second-order valence-corrected chi connectivity index (χ2v) is 37.4. The molecule has 0 aromatic carbocycles. The van der Waals surface area contributed by atoms with Gasteiger partial charge in [-0.05, 0) is 109 Å². The van der Waals surface area contributed by atoms with E-state index in [1.807, 2.05) is 0 Å². The van der Waals surface area contributed by atoms with Gasteiger partial charge in [-0.25, -0.2) is 0 Å². The standard InChI is InChI=1S/C31H70O8Si6/c1-13-16-23-41(5,6)35-40(4)36-44(11,25-18-15-3)39-45(12,38-43(9,10)37-42(7,8)24-17-14-2)26-19-22-33-31(32)28-20-21-29-30(27-28)34-29/h28-30,40H,13-27H2,1-12H3. The summed E-state index contributed by atoms with van der Waals surface area (Å²) in [6.45, 7) is 27.4. The van der Waals surface area contributed by atoms with Crippen molar-refractivity contribution in [2.75, 3.05) is 6.61 Å². The SMILES string of the molecule is CCCC[Si](C)(C)O[SiH](C)O[Si](C)(CCCC)O[Si](C)(CCCOC(=O)C1CCC2OC2C1)O[Si](C)(C)O[Si](C)(C)CCCC. The van der Waals surface area contributed by atoms with Gasteiger partial charge in [0.1, 0.15) is 0 Å². The predicted octanol–water partition coefficient (Wildman–Crippen LogP) is 9.08. The lowest BCUT2D eigenvalue weighted by Gasteiger charge is -2.44. The summed E-state index contributed by atoms with van der Waals surface area (Å²) in [5, 5.41) is 0. The quantitative estimate of drug-likeness (QED) is 0.0420. The predicted molar refractivity (Wildman–Crippen MR) is 200 cm³/mol. The van der Waals surface area contributed by atoms with Gasteiger partial charge in [-0.3, -0.25) is 4.79 Å². The van der Waals surface area contributed by atoms with Crippen LogP contribution in [0.5, 0.6) is 0 Å². The Morgan fingerprint density at radius 3 is 1.87 bits per heavy atom. The van der Waals surface area contributed by atoms with Crippen LogP contribution in [0.2, 0.25) is 83.1 Å². The summed E-state index contributed by atoms with van der Waals surface area (Å²) in [4.78, 5) is 12.8. The molecule has 0 aromatic rings. The molecule has 1 heterocycles. The van der Waals surface area contributed by atoms with Crippen molar-refractivity contribution < 1.29 is 34.8 Å². The lowest BCUT2D eigenvalue weighted by atomic mass is 9.89. The van der Waals surface area contributed by atoms with Crippen molar-refractivity contribution >= 4 is 57.6 Å². The molecule has 0 N–H and O–H groups in total. The largest absolute Gasteiger partial charge is 0.465 e. The highest BCUT2D eigenvalue weighted by Gasteiger charge is 2.49. The Balaban J connectivity index is 2.17. The number of hydrogen-bond donors (Lipinski definition) is 0. The molecule has 0 aromatic heterocycles. The average molecular weight is 739 g/mol. The molecule has 2 rings (SSSR count). The number of carbonyl (C=O) groups is 1. The van der Waals surface area contributed by atoms with Crippen molar-refractivity contribution in [2.45, 2.75) is 180 Å². The minimum atomic E-state index is -2.80. The zero-order valence-electron chi connectivity index (χ0n) is 31.2. The Morgan fingerprint density at radius 2 is 1.27 bits per heavy atom. The molecule has 1 saturated carbocycles. The number of carbonyl (C=O) groups excluding carboxylic acids is 1. The van der Waals surface area contributed by atoms with E-state index in [-0.39, 0.29) is 18.0 Å². The normalized spacial score (nSPS) is 24.0. The smallest absolute Gasteiger partial charge is 0.317 e. The van der Waals surface area contributed by atoms with Gasteiger partial charge < -0.3 is 30.0 Å². The first kappa shape index (κ1) is 41.7. The van der Waals surface area contributed by atoms with E-state index in [2.05, 4.69) is 79.7 Å². The molecule has 0 amide bonds. The Kier molecular flexibility index (Phi) is 17.1. The first-order valence-electron chi connectivity index (χ1n) is 18.1. The number of fused-ring (bicyclic) bond motifs is 1. The van der Waals surface area contributed by atoms with Gasteiger partial charge in [0.15, 0.2) is 16.6 Å². The van der Waals surface area contributed by atoms with E-state index in [0.717, 1.165) is 56.3 Å². The lowest BCUT2D eigenvalue weighted by molar-refractivity contribution is -0.149. The van der Waals surface area contributed by atoms with E-state index >= 15 is 0 Å². The molecular weight excluding hydrogens is 669 g/mol. The van der Waals surface area contributed by atoms with Gasteiger partial charge >= 0.3 is 31.7 Å². The van der Waals surface area contributed by atoms with Crippen LogP contribution >= 0.6 is 0 Å². The summed E-state index contributed by atoms with van der Waals surface area (Å²) < 4.78 is 46.5. The van der Waals surface area contributed by atoms with Crippen LogP contribution in [0.3, 0.4) is 0 Å². The van der Waals surface area contributed by atoms with Crippen molar-refractivity contribution in [3.8, 4) is 0 Å². The number of unbranched alkanes of at least 4 members (excludes halogenated alkanes) is 3. The summed E-state index contributed by atoms with van der Waals surface area (Å²) >= 11 is 0. The Hall–Kier alpha value is 0.531. The van der Waals surface area contributed by atoms with E-state index in [9.17, 15) is 4.79 Å². The number of ether oxygens (including phenoxy) is 2. The lowest BCUT2D eigenvalue weighted by Crippen LogP contribution is -2.60. The van der Waals surface area contributed by atoms with Crippen molar-refractivity contribution in [1.82, 2.24) is 0 Å². The van der Waals surface area contributed by atoms with Crippen LogP contribution in [0.4, 0.5) is 0 Å². The van der Waals surface area contributed by atoms with Crippen LogP contribution in [-0.4, -0.2) is 76.4 Å². The topological polar surface area (TPSA) is 85.0 Å². The molecule has 2 fully saturated rings. The van der Waals surface area contributed by atoms with Crippen LogP contribution in [-0.2, 0) is 34.8 Å². The van der Waals surface area contributed by atoms with Crippen LogP contribution in [0, 0.1) is 5.92 Å². The van der Waals surface area contributed by atoms with Gasteiger partial charge in [0.05, 0.1) is 24.7 Å². The fraction of sp³-hybridized carbons (Fsp3) is 0.968. The highest BCUT2D eigenvalue weighted by Crippen LogP contribution is 2.40. The Bertz CT molecular complexity index is 896. The average Bonchev–Trinajstić information content (AvgIpc) is 3.69. The monoisotopic (exact) mass is 738 g/mol. The van der Waals surface area contributed by atoms with Gasteiger partial charge in [-0.1, -0.05) is 59.3 Å². The fourth-order valence-corrected chi connectivity index (χ4v) is 35.5. The third kappa shape index (κ3) is 16.2. The van der Waals surface area contributed by atoms with E-state index in [1.165, 1.54) is 25.7 Å². The summed E-state index contributed by atoms with van der Waals surface area (Å²) in [5.74, 6) is -0.108. The third-order valence-electron chi connectivity index (χ3n) is 8.92. The second-order valence-electron chi connectivity index (χ2n) is 15.6. The zero-order valence-corrected chi connectivity index (χ0v) is 37.3. The number of esters is 1. The third-order valence-corrected chi connectivity index (χ3v) is 33.1. The molecule has 6 unspecified atom stereocenters. The molecule has 8 nitrogen and oxygen atoms in total. The Labute approximate surface area is 284 Å². The first-order chi connectivity index (χ1) is 20.9. The molecule has 45 heavy (non-hydrogen) atoms. The van der Waals surface area contributed by atoms with Gasteiger partial charge in [0, 0.05) is 0 Å². The maximum absolute atomic E-state index is 12.8. The molecule has 0 radical (unpaired) electrons. The maximum Gasteiger partial charge on any atom is 0.317 e. The highest BCUT2D eigenvalue weighted by atomic mass is 28.5. The summed E-state index contributed by atoms with van der Waals surface area (Å²) in [5.41, 5.74) is 0. The van der Waals surface area contributed by atoms with Gasteiger partial charge in [-0.15, -0.1) is 0 Å². The molecule has 266 valence electrons. The fourth-order valence-electron chi connectivity index (χ4n) is 6.86. The molecule has 14 heteroatoms. The Morgan fingerprint density at radius 1 is 0.689 bits per heavy atom. The zero-order chi connectivity index (χ0) is 33.9. The molecule has 0 bridgehead atoms. The van der Waals surface area contributed by atoms with Crippen molar-refractivity contribution in [3.63, 3.8) is 0 Å². The molecule has 6 atom stereocenters. The number of epoxide rings is 1. The van der Waals surface area contributed by atoms with Crippen molar-refractivity contribution in [2.24, 2.45) is 5.92 Å².